The third kappa shape index (κ3) is 4.08. The highest BCUT2D eigenvalue weighted by atomic mass is 19.1. The SMILES string of the molecule is O=C(NC1CCN(c2ccnc(-c3ccccc3F)n2)CC1)C1CCCO1. The molecule has 2 saturated heterocycles. The predicted molar refractivity (Wildman–Crippen MR) is 99.8 cm³/mol. The summed E-state index contributed by atoms with van der Waals surface area (Å²) in [5.74, 6) is 0.853. The maximum absolute atomic E-state index is 14.0. The second-order valence-corrected chi connectivity index (χ2v) is 6.99. The van der Waals surface area contributed by atoms with Crippen LogP contribution in [0.2, 0.25) is 0 Å². The Morgan fingerprint density at radius 1 is 1.19 bits per heavy atom. The average Bonchev–Trinajstić information content (AvgIpc) is 3.24. The van der Waals surface area contributed by atoms with Gasteiger partial charge in [0.1, 0.15) is 17.7 Å². The van der Waals surface area contributed by atoms with Gasteiger partial charge in [0.05, 0.1) is 5.56 Å². The zero-order valence-corrected chi connectivity index (χ0v) is 15.1. The third-order valence-corrected chi connectivity index (χ3v) is 5.14. The molecule has 1 aromatic carbocycles. The number of nitrogens with zero attached hydrogens (tertiary/aromatic N) is 3. The van der Waals surface area contributed by atoms with Gasteiger partial charge in [-0.25, -0.2) is 14.4 Å². The second-order valence-electron chi connectivity index (χ2n) is 6.99. The van der Waals surface area contributed by atoms with Crippen molar-refractivity contribution in [3.8, 4) is 11.4 Å². The number of aromatic nitrogens is 2. The highest BCUT2D eigenvalue weighted by Gasteiger charge is 2.27. The largest absolute Gasteiger partial charge is 0.368 e. The van der Waals surface area contributed by atoms with Crippen LogP contribution in [0.15, 0.2) is 36.5 Å². The second kappa shape index (κ2) is 8.00. The average molecular weight is 370 g/mol. The first-order valence-electron chi connectivity index (χ1n) is 9.45. The van der Waals surface area contributed by atoms with Gasteiger partial charge in [-0.2, -0.15) is 0 Å². The minimum Gasteiger partial charge on any atom is -0.368 e. The summed E-state index contributed by atoms with van der Waals surface area (Å²) in [5.41, 5.74) is 0.401. The lowest BCUT2D eigenvalue weighted by atomic mass is 10.0. The lowest BCUT2D eigenvalue weighted by Gasteiger charge is -2.33. The predicted octanol–water partition coefficient (Wildman–Crippen LogP) is 2.55. The molecule has 7 heteroatoms. The number of amides is 1. The van der Waals surface area contributed by atoms with Crippen LogP contribution in [0, 0.1) is 5.82 Å². The van der Waals surface area contributed by atoms with E-state index in [1.54, 1.807) is 24.4 Å². The number of anilines is 1. The summed E-state index contributed by atoms with van der Waals surface area (Å²) in [4.78, 5) is 23.1. The molecule has 142 valence electrons. The molecule has 6 nitrogen and oxygen atoms in total. The van der Waals surface area contributed by atoms with E-state index in [0.29, 0.717) is 18.0 Å². The molecule has 0 radical (unpaired) electrons. The number of hydrogen-bond donors (Lipinski definition) is 1. The fraction of sp³-hybridized carbons (Fsp3) is 0.450. The van der Waals surface area contributed by atoms with E-state index in [4.69, 9.17) is 4.74 Å². The van der Waals surface area contributed by atoms with Gasteiger partial charge in [0.15, 0.2) is 5.82 Å². The Labute approximate surface area is 157 Å². The molecule has 2 fully saturated rings. The summed E-state index contributed by atoms with van der Waals surface area (Å²) < 4.78 is 19.4. The molecule has 27 heavy (non-hydrogen) atoms. The van der Waals surface area contributed by atoms with Crippen molar-refractivity contribution in [2.45, 2.75) is 37.8 Å². The number of nitrogens with one attached hydrogen (secondary N) is 1. The van der Waals surface area contributed by atoms with E-state index >= 15 is 0 Å². The number of rotatable bonds is 4. The van der Waals surface area contributed by atoms with Crippen molar-refractivity contribution in [2.75, 3.05) is 24.6 Å². The zero-order valence-electron chi connectivity index (χ0n) is 15.1. The summed E-state index contributed by atoms with van der Waals surface area (Å²) in [5, 5.41) is 3.10. The van der Waals surface area contributed by atoms with E-state index in [1.807, 2.05) is 6.07 Å². The van der Waals surface area contributed by atoms with Gasteiger partial charge in [0, 0.05) is 31.9 Å². The monoisotopic (exact) mass is 370 g/mol. The Balaban J connectivity index is 1.38. The molecule has 3 heterocycles. The first-order chi connectivity index (χ1) is 13.2. The maximum atomic E-state index is 14.0. The van der Waals surface area contributed by atoms with Gasteiger partial charge >= 0.3 is 0 Å². The summed E-state index contributed by atoms with van der Waals surface area (Å²) in [7, 11) is 0. The minimum atomic E-state index is -0.329. The molecule has 1 amide bonds. The molecule has 1 unspecified atom stereocenters. The highest BCUT2D eigenvalue weighted by Crippen LogP contribution is 2.23. The molecular weight excluding hydrogens is 347 g/mol. The van der Waals surface area contributed by atoms with Gasteiger partial charge < -0.3 is 15.0 Å². The smallest absolute Gasteiger partial charge is 0.249 e. The van der Waals surface area contributed by atoms with E-state index in [-0.39, 0.29) is 23.9 Å². The standard InChI is InChI=1S/C20H23FN4O2/c21-16-5-2-1-4-15(16)19-22-10-7-18(24-19)25-11-8-14(9-12-25)23-20(26)17-6-3-13-27-17/h1-2,4-5,7,10,14,17H,3,6,8-9,11-13H2,(H,23,26). The topological polar surface area (TPSA) is 67.4 Å². The first kappa shape index (κ1) is 17.9. The minimum absolute atomic E-state index is 0.00910. The van der Waals surface area contributed by atoms with Crippen molar-refractivity contribution < 1.29 is 13.9 Å². The Kier molecular flexibility index (Phi) is 5.29. The highest BCUT2D eigenvalue weighted by molar-refractivity contribution is 5.81. The van der Waals surface area contributed by atoms with Crippen LogP contribution >= 0.6 is 0 Å². The maximum Gasteiger partial charge on any atom is 0.249 e. The molecule has 2 aliphatic heterocycles. The lowest BCUT2D eigenvalue weighted by Crippen LogP contribution is -2.47. The van der Waals surface area contributed by atoms with E-state index in [1.165, 1.54) is 6.07 Å². The molecule has 2 aliphatic rings. The van der Waals surface area contributed by atoms with Crippen molar-refractivity contribution in [2.24, 2.45) is 0 Å². The Morgan fingerprint density at radius 3 is 2.74 bits per heavy atom. The number of halogens is 1. The van der Waals surface area contributed by atoms with Gasteiger partial charge in [-0.3, -0.25) is 4.79 Å². The summed E-state index contributed by atoms with van der Waals surface area (Å²) in [6.07, 6.45) is 4.83. The molecule has 1 aromatic heterocycles. The summed E-state index contributed by atoms with van der Waals surface area (Å²) in [6, 6.07) is 8.52. The van der Waals surface area contributed by atoms with Crippen LogP contribution < -0.4 is 10.2 Å². The molecule has 1 atom stereocenters. The molecule has 2 aromatic rings. The normalized spacial score (nSPS) is 20.6. The fourth-order valence-corrected chi connectivity index (χ4v) is 3.63. The molecule has 0 aliphatic carbocycles. The van der Waals surface area contributed by atoms with E-state index in [2.05, 4.69) is 20.2 Å². The fourth-order valence-electron chi connectivity index (χ4n) is 3.63. The number of hydrogen-bond acceptors (Lipinski definition) is 5. The third-order valence-electron chi connectivity index (χ3n) is 5.14. The van der Waals surface area contributed by atoms with Gasteiger partial charge in [0.25, 0.3) is 0 Å². The van der Waals surface area contributed by atoms with E-state index in [0.717, 1.165) is 44.6 Å². The van der Waals surface area contributed by atoms with Crippen molar-refractivity contribution in [1.29, 1.82) is 0 Å². The van der Waals surface area contributed by atoms with Crippen molar-refractivity contribution >= 4 is 11.7 Å². The van der Waals surface area contributed by atoms with Gasteiger partial charge in [-0.05, 0) is 43.9 Å². The van der Waals surface area contributed by atoms with Crippen LogP contribution in [0.4, 0.5) is 10.2 Å². The van der Waals surface area contributed by atoms with Gasteiger partial charge in [0.2, 0.25) is 5.91 Å². The molecule has 1 N–H and O–H groups in total. The van der Waals surface area contributed by atoms with Crippen LogP contribution in [0.1, 0.15) is 25.7 Å². The van der Waals surface area contributed by atoms with Crippen LogP contribution in [-0.4, -0.2) is 47.7 Å². The molecule has 0 spiro atoms. The van der Waals surface area contributed by atoms with Gasteiger partial charge in [-0.1, -0.05) is 12.1 Å². The number of piperidine rings is 1. The quantitative estimate of drug-likeness (QED) is 0.896. The van der Waals surface area contributed by atoms with Crippen LogP contribution in [0.25, 0.3) is 11.4 Å². The Bertz CT molecular complexity index is 802. The van der Waals surface area contributed by atoms with E-state index < -0.39 is 0 Å². The van der Waals surface area contributed by atoms with Crippen molar-refractivity contribution in [3.63, 3.8) is 0 Å². The van der Waals surface area contributed by atoms with Gasteiger partial charge in [-0.15, -0.1) is 0 Å². The van der Waals surface area contributed by atoms with E-state index in [9.17, 15) is 9.18 Å². The molecule has 0 saturated carbocycles. The Morgan fingerprint density at radius 2 is 2.00 bits per heavy atom. The molecule has 0 bridgehead atoms. The number of benzene rings is 1. The number of carbonyl (C=O) groups excluding carboxylic acids is 1. The van der Waals surface area contributed by atoms with Crippen LogP contribution in [0.3, 0.4) is 0 Å². The van der Waals surface area contributed by atoms with Crippen LogP contribution in [0.5, 0.6) is 0 Å². The zero-order chi connectivity index (χ0) is 18.6. The van der Waals surface area contributed by atoms with Crippen molar-refractivity contribution in [3.05, 3.63) is 42.3 Å². The number of carbonyl (C=O) groups is 1. The van der Waals surface area contributed by atoms with Crippen LogP contribution in [-0.2, 0) is 9.53 Å². The first-order valence-corrected chi connectivity index (χ1v) is 9.45. The molecule has 4 rings (SSSR count). The summed E-state index contributed by atoms with van der Waals surface area (Å²) >= 11 is 0. The summed E-state index contributed by atoms with van der Waals surface area (Å²) in [6.45, 7) is 2.24. The lowest BCUT2D eigenvalue weighted by molar-refractivity contribution is -0.130. The Hall–Kier alpha value is -2.54. The molecular formula is C20H23FN4O2. The van der Waals surface area contributed by atoms with Crippen molar-refractivity contribution in [1.82, 2.24) is 15.3 Å². The number of ether oxygens (including phenoxy) is 1.